The second-order valence-electron chi connectivity index (χ2n) is 6.62. The molecule has 136 valence electrons. The molecule has 2 saturated heterocycles. The van der Waals surface area contributed by atoms with E-state index >= 15 is 0 Å². The van der Waals surface area contributed by atoms with Crippen LogP contribution in [0, 0.1) is 11.7 Å². The van der Waals surface area contributed by atoms with Crippen LogP contribution >= 0.6 is 0 Å². The predicted molar refractivity (Wildman–Crippen MR) is 90.5 cm³/mol. The summed E-state index contributed by atoms with van der Waals surface area (Å²) in [5.74, 6) is 0.0367. The number of benzene rings is 1. The molecule has 0 spiro atoms. The zero-order valence-electron chi connectivity index (χ0n) is 14.5. The first kappa shape index (κ1) is 17.7. The van der Waals surface area contributed by atoms with E-state index in [4.69, 9.17) is 4.74 Å². The van der Waals surface area contributed by atoms with Crippen LogP contribution < -0.4 is 10.1 Å². The smallest absolute Gasteiger partial charge is 0.228 e. The SMILES string of the molecule is COc1cc(F)ccc1CN1CCCN(C(=O)C2CNC(=O)C2)CC1. The molecule has 25 heavy (non-hydrogen) atoms. The fraction of sp³-hybridized carbons (Fsp3) is 0.556. The van der Waals surface area contributed by atoms with Crippen molar-refractivity contribution in [1.82, 2.24) is 15.1 Å². The predicted octanol–water partition coefficient (Wildman–Crippen LogP) is 1.00. The molecule has 3 rings (SSSR count). The lowest BCUT2D eigenvalue weighted by atomic mass is 10.1. The van der Waals surface area contributed by atoms with Gasteiger partial charge in [-0.3, -0.25) is 14.5 Å². The standard InChI is InChI=1S/C18H24FN3O3/c1-25-16-10-15(19)4-3-13(16)12-21-5-2-6-22(8-7-21)18(24)14-9-17(23)20-11-14/h3-4,10,14H,2,5-9,11-12H2,1H3,(H,20,23). The second-order valence-corrected chi connectivity index (χ2v) is 6.62. The molecule has 2 amide bonds. The first-order valence-electron chi connectivity index (χ1n) is 8.67. The highest BCUT2D eigenvalue weighted by Gasteiger charge is 2.32. The molecule has 6 nitrogen and oxygen atoms in total. The maximum atomic E-state index is 13.3. The maximum absolute atomic E-state index is 13.3. The number of halogens is 1. The van der Waals surface area contributed by atoms with Gasteiger partial charge >= 0.3 is 0 Å². The van der Waals surface area contributed by atoms with Crippen LogP contribution in [0.5, 0.6) is 5.75 Å². The van der Waals surface area contributed by atoms with Crippen molar-refractivity contribution in [2.45, 2.75) is 19.4 Å². The molecule has 2 aliphatic heterocycles. The van der Waals surface area contributed by atoms with Crippen molar-refractivity contribution in [2.24, 2.45) is 5.92 Å². The lowest BCUT2D eigenvalue weighted by molar-refractivity contribution is -0.135. The molecular formula is C18H24FN3O3. The molecule has 0 saturated carbocycles. The minimum atomic E-state index is -0.312. The number of ether oxygens (including phenoxy) is 1. The van der Waals surface area contributed by atoms with Gasteiger partial charge in [0.2, 0.25) is 11.8 Å². The summed E-state index contributed by atoms with van der Waals surface area (Å²) in [6.45, 7) is 4.08. The van der Waals surface area contributed by atoms with Gasteiger partial charge < -0.3 is 15.0 Å². The number of nitrogens with one attached hydrogen (secondary N) is 1. The van der Waals surface area contributed by atoms with Crippen LogP contribution in [0.25, 0.3) is 0 Å². The molecule has 7 heteroatoms. The molecule has 1 atom stereocenters. The average molecular weight is 349 g/mol. The first-order chi connectivity index (χ1) is 12.1. The Morgan fingerprint density at radius 3 is 2.88 bits per heavy atom. The van der Waals surface area contributed by atoms with E-state index in [1.165, 1.54) is 19.2 Å². The lowest BCUT2D eigenvalue weighted by Gasteiger charge is -2.24. The number of hydrogen-bond acceptors (Lipinski definition) is 4. The third-order valence-electron chi connectivity index (χ3n) is 4.87. The van der Waals surface area contributed by atoms with E-state index in [1.807, 2.05) is 4.90 Å². The molecule has 2 heterocycles. The number of methoxy groups -OCH3 is 1. The number of carbonyl (C=O) groups is 2. The van der Waals surface area contributed by atoms with Crippen molar-refractivity contribution in [1.29, 1.82) is 0 Å². The van der Waals surface area contributed by atoms with E-state index in [9.17, 15) is 14.0 Å². The van der Waals surface area contributed by atoms with Crippen LogP contribution in [0.15, 0.2) is 18.2 Å². The number of carbonyl (C=O) groups excluding carboxylic acids is 2. The Balaban J connectivity index is 1.58. The van der Waals surface area contributed by atoms with Gasteiger partial charge in [0.15, 0.2) is 0 Å². The summed E-state index contributed by atoms with van der Waals surface area (Å²) in [5.41, 5.74) is 0.939. The van der Waals surface area contributed by atoms with E-state index in [2.05, 4.69) is 10.2 Å². The number of amides is 2. The summed E-state index contributed by atoms with van der Waals surface area (Å²) < 4.78 is 18.6. The highest BCUT2D eigenvalue weighted by Crippen LogP contribution is 2.22. The van der Waals surface area contributed by atoms with Gasteiger partial charge in [0.1, 0.15) is 11.6 Å². The fourth-order valence-corrected chi connectivity index (χ4v) is 3.48. The molecule has 0 aliphatic carbocycles. The maximum Gasteiger partial charge on any atom is 0.228 e. The van der Waals surface area contributed by atoms with Crippen LogP contribution in [0.1, 0.15) is 18.4 Å². The van der Waals surface area contributed by atoms with Gasteiger partial charge in [-0.15, -0.1) is 0 Å². The largest absolute Gasteiger partial charge is 0.496 e. The van der Waals surface area contributed by atoms with Crippen LogP contribution in [0.3, 0.4) is 0 Å². The van der Waals surface area contributed by atoms with Gasteiger partial charge in [-0.2, -0.15) is 0 Å². The molecule has 1 N–H and O–H groups in total. The minimum Gasteiger partial charge on any atom is -0.496 e. The lowest BCUT2D eigenvalue weighted by Crippen LogP contribution is -2.39. The van der Waals surface area contributed by atoms with Crippen LogP contribution in [0.4, 0.5) is 4.39 Å². The topological polar surface area (TPSA) is 61.9 Å². The third-order valence-corrected chi connectivity index (χ3v) is 4.87. The molecule has 2 fully saturated rings. The number of rotatable bonds is 4. The second kappa shape index (κ2) is 7.82. The van der Waals surface area contributed by atoms with Gasteiger partial charge in [-0.05, 0) is 12.5 Å². The summed E-state index contributed by atoms with van der Waals surface area (Å²) in [5, 5.41) is 2.72. The molecular weight excluding hydrogens is 325 g/mol. The third kappa shape index (κ3) is 4.28. The molecule has 0 bridgehead atoms. The molecule has 0 radical (unpaired) electrons. The van der Waals surface area contributed by atoms with E-state index in [-0.39, 0.29) is 23.5 Å². The van der Waals surface area contributed by atoms with Crippen LogP contribution in [-0.2, 0) is 16.1 Å². The van der Waals surface area contributed by atoms with Gasteiger partial charge in [0, 0.05) is 57.3 Å². The van der Waals surface area contributed by atoms with Crippen molar-refractivity contribution >= 4 is 11.8 Å². The molecule has 0 aromatic heterocycles. The summed E-state index contributed by atoms with van der Waals surface area (Å²) >= 11 is 0. The minimum absolute atomic E-state index is 0.0433. The van der Waals surface area contributed by atoms with Gasteiger partial charge in [-0.1, -0.05) is 6.07 Å². The van der Waals surface area contributed by atoms with Crippen molar-refractivity contribution in [3.63, 3.8) is 0 Å². The Labute approximate surface area is 146 Å². The zero-order chi connectivity index (χ0) is 17.8. The molecule has 1 aromatic carbocycles. The van der Waals surface area contributed by atoms with Gasteiger partial charge in [0.05, 0.1) is 13.0 Å². The highest BCUT2D eigenvalue weighted by molar-refractivity contribution is 5.89. The van der Waals surface area contributed by atoms with Crippen molar-refractivity contribution in [3.8, 4) is 5.75 Å². The highest BCUT2D eigenvalue weighted by atomic mass is 19.1. The monoisotopic (exact) mass is 349 g/mol. The normalized spacial score (nSPS) is 21.8. The Morgan fingerprint density at radius 2 is 2.16 bits per heavy atom. The summed E-state index contributed by atoms with van der Waals surface area (Å²) in [4.78, 5) is 28.0. The Kier molecular flexibility index (Phi) is 5.53. The Hall–Kier alpha value is -2.15. The first-order valence-corrected chi connectivity index (χ1v) is 8.67. The van der Waals surface area contributed by atoms with E-state index in [1.54, 1.807) is 6.07 Å². The molecule has 1 aromatic rings. The molecule has 2 aliphatic rings. The Morgan fingerprint density at radius 1 is 1.32 bits per heavy atom. The quantitative estimate of drug-likeness (QED) is 0.881. The van der Waals surface area contributed by atoms with Crippen molar-refractivity contribution in [3.05, 3.63) is 29.6 Å². The summed E-state index contributed by atoms with van der Waals surface area (Å²) in [7, 11) is 1.54. The van der Waals surface area contributed by atoms with Crippen molar-refractivity contribution < 1.29 is 18.7 Å². The van der Waals surface area contributed by atoms with Crippen molar-refractivity contribution in [2.75, 3.05) is 39.8 Å². The zero-order valence-corrected chi connectivity index (χ0v) is 14.5. The number of nitrogens with zero attached hydrogens (tertiary/aromatic N) is 2. The van der Waals surface area contributed by atoms with E-state index < -0.39 is 0 Å². The van der Waals surface area contributed by atoms with Gasteiger partial charge in [0.25, 0.3) is 0 Å². The van der Waals surface area contributed by atoms with Gasteiger partial charge in [-0.25, -0.2) is 4.39 Å². The van der Waals surface area contributed by atoms with Crippen LogP contribution in [-0.4, -0.2) is 61.4 Å². The average Bonchev–Trinajstić information content (AvgIpc) is 2.90. The Bertz CT molecular complexity index is 652. The van der Waals surface area contributed by atoms with E-state index in [0.717, 1.165) is 25.1 Å². The summed E-state index contributed by atoms with van der Waals surface area (Å²) in [6.07, 6.45) is 1.18. The number of hydrogen-bond donors (Lipinski definition) is 1. The fourth-order valence-electron chi connectivity index (χ4n) is 3.48. The summed E-state index contributed by atoms with van der Waals surface area (Å²) in [6, 6.07) is 4.58. The van der Waals surface area contributed by atoms with Crippen LogP contribution in [0.2, 0.25) is 0 Å². The van der Waals surface area contributed by atoms with E-state index in [0.29, 0.717) is 38.3 Å². The molecule has 1 unspecified atom stereocenters.